The fourth-order valence-corrected chi connectivity index (χ4v) is 1.53. The van der Waals surface area contributed by atoms with Crippen molar-refractivity contribution in [1.29, 1.82) is 0 Å². The molecule has 0 spiro atoms. The first-order chi connectivity index (χ1) is 7.51. The lowest BCUT2D eigenvalue weighted by molar-refractivity contribution is 0.1000. The molecular weight excluding hydrogens is 206 g/mol. The highest BCUT2D eigenvalue weighted by Gasteiger charge is 2.15. The van der Waals surface area contributed by atoms with Crippen LogP contribution in [-0.2, 0) is 0 Å². The van der Waals surface area contributed by atoms with Gasteiger partial charge in [-0.15, -0.1) is 0 Å². The van der Waals surface area contributed by atoms with E-state index in [1.807, 2.05) is 18.7 Å². The fourth-order valence-electron chi connectivity index (χ4n) is 1.53. The number of nitrogens with two attached hydrogens (primary N) is 2. The summed E-state index contributed by atoms with van der Waals surface area (Å²) in [7, 11) is 0. The second-order valence-electron chi connectivity index (χ2n) is 3.41. The summed E-state index contributed by atoms with van der Waals surface area (Å²) in [6.07, 6.45) is 0. The molecule has 0 aliphatic rings. The average Bonchev–Trinajstić information content (AvgIpc) is 2.17. The summed E-state index contributed by atoms with van der Waals surface area (Å²) in [6.45, 7) is 7.27. The van der Waals surface area contributed by atoms with Gasteiger partial charge in [0, 0.05) is 13.1 Å². The van der Waals surface area contributed by atoms with E-state index in [1.54, 1.807) is 6.92 Å². The Bertz CT molecular complexity index is 377. The molecule has 0 fully saturated rings. The predicted molar refractivity (Wildman–Crippen MR) is 63.3 cm³/mol. The van der Waals surface area contributed by atoms with Gasteiger partial charge in [-0.3, -0.25) is 4.79 Å². The van der Waals surface area contributed by atoms with Gasteiger partial charge >= 0.3 is 0 Å². The van der Waals surface area contributed by atoms with Crippen LogP contribution in [0.25, 0.3) is 0 Å². The zero-order valence-corrected chi connectivity index (χ0v) is 9.82. The van der Waals surface area contributed by atoms with Crippen molar-refractivity contribution in [1.82, 2.24) is 9.97 Å². The number of nitrogens with zero attached hydrogens (tertiary/aromatic N) is 3. The van der Waals surface area contributed by atoms with Gasteiger partial charge < -0.3 is 16.4 Å². The Morgan fingerprint density at radius 3 is 2.25 bits per heavy atom. The van der Waals surface area contributed by atoms with Gasteiger partial charge in [-0.1, -0.05) is 0 Å². The van der Waals surface area contributed by atoms with Crippen LogP contribution in [0.5, 0.6) is 0 Å². The molecule has 1 amide bonds. The van der Waals surface area contributed by atoms with Crippen molar-refractivity contribution < 1.29 is 4.79 Å². The molecule has 0 saturated carbocycles. The third-order valence-corrected chi connectivity index (χ3v) is 2.40. The normalized spacial score (nSPS) is 10.2. The Kier molecular flexibility index (Phi) is 3.65. The molecule has 0 bridgehead atoms. The molecule has 0 aromatic carbocycles. The number of primary amides is 1. The molecule has 0 aliphatic heterocycles. The van der Waals surface area contributed by atoms with Gasteiger partial charge in [-0.2, -0.15) is 4.98 Å². The van der Waals surface area contributed by atoms with E-state index >= 15 is 0 Å². The fraction of sp³-hybridized carbons (Fsp3) is 0.500. The summed E-state index contributed by atoms with van der Waals surface area (Å²) in [4.78, 5) is 21.4. The minimum atomic E-state index is -0.596. The molecule has 0 atom stereocenters. The minimum Gasteiger partial charge on any atom is -0.383 e. The van der Waals surface area contributed by atoms with Gasteiger partial charge in [-0.05, 0) is 20.8 Å². The van der Waals surface area contributed by atoms with E-state index in [0.29, 0.717) is 11.6 Å². The monoisotopic (exact) mass is 223 g/mol. The van der Waals surface area contributed by atoms with Gasteiger partial charge in [0.1, 0.15) is 11.4 Å². The van der Waals surface area contributed by atoms with Crippen LogP contribution < -0.4 is 16.4 Å². The van der Waals surface area contributed by atoms with Crippen LogP contribution in [0.1, 0.15) is 29.9 Å². The van der Waals surface area contributed by atoms with Crippen molar-refractivity contribution >= 4 is 17.7 Å². The average molecular weight is 223 g/mol. The molecule has 16 heavy (non-hydrogen) atoms. The van der Waals surface area contributed by atoms with Crippen molar-refractivity contribution in [2.75, 3.05) is 23.7 Å². The van der Waals surface area contributed by atoms with Gasteiger partial charge in [0.15, 0.2) is 0 Å². The SMILES string of the molecule is CCN(CC)c1nc(C)c(C(N)=O)c(N)n1. The molecule has 1 rings (SSSR count). The van der Waals surface area contributed by atoms with Crippen LogP contribution in [0.3, 0.4) is 0 Å². The van der Waals surface area contributed by atoms with Gasteiger partial charge in [0.05, 0.1) is 5.69 Å². The van der Waals surface area contributed by atoms with Gasteiger partial charge in [-0.25, -0.2) is 4.98 Å². The Hall–Kier alpha value is -1.85. The van der Waals surface area contributed by atoms with Crippen LogP contribution in [0, 0.1) is 6.92 Å². The first-order valence-corrected chi connectivity index (χ1v) is 5.20. The number of hydrogen-bond acceptors (Lipinski definition) is 5. The summed E-state index contributed by atoms with van der Waals surface area (Å²) in [5, 5.41) is 0. The first-order valence-electron chi connectivity index (χ1n) is 5.20. The number of rotatable bonds is 4. The zero-order chi connectivity index (χ0) is 12.3. The number of aryl methyl sites for hydroxylation is 1. The lowest BCUT2D eigenvalue weighted by Crippen LogP contribution is -2.26. The van der Waals surface area contributed by atoms with Crippen molar-refractivity contribution in [2.24, 2.45) is 5.73 Å². The maximum absolute atomic E-state index is 11.1. The number of nitrogen functional groups attached to an aromatic ring is 1. The molecule has 4 N–H and O–H groups in total. The highest BCUT2D eigenvalue weighted by atomic mass is 16.1. The summed E-state index contributed by atoms with van der Waals surface area (Å²) >= 11 is 0. The van der Waals surface area contributed by atoms with E-state index in [9.17, 15) is 4.79 Å². The number of carbonyl (C=O) groups is 1. The Balaban J connectivity index is 3.23. The molecule has 0 radical (unpaired) electrons. The maximum Gasteiger partial charge on any atom is 0.254 e. The molecule has 6 nitrogen and oxygen atoms in total. The Morgan fingerprint density at radius 2 is 1.88 bits per heavy atom. The molecule has 1 heterocycles. The van der Waals surface area contributed by atoms with Crippen molar-refractivity contribution in [3.8, 4) is 0 Å². The molecule has 1 aromatic rings. The van der Waals surface area contributed by atoms with Crippen LogP contribution in [0.2, 0.25) is 0 Å². The summed E-state index contributed by atoms with van der Waals surface area (Å²) in [6, 6.07) is 0. The zero-order valence-electron chi connectivity index (χ0n) is 9.82. The number of carbonyl (C=O) groups excluding carboxylic acids is 1. The van der Waals surface area contributed by atoms with E-state index in [1.165, 1.54) is 0 Å². The Labute approximate surface area is 94.7 Å². The third-order valence-electron chi connectivity index (χ3n) is 2.40. The van der Waals surface area contributed by atoms with E-state index in [-0.39, 0.29) is 11.4 Å². The number of anilines is 2. The quantitative estimate of drug-likeness (QED) is 0.765. The standard InChI is InChI=1S/C10H17N5O/c1-4-15(5-2)10-13-6(3)7(9(12)16)8(11)14-10/h4-5H2,1-3H3,(H2,12,16)(H2,11,13,14). The largest absolute Gasteiger partial charge is 0.383 e. The minimum absolute atomic E-state index is 0.141. The van der Waals surface area contributed by atoms with Crippen LogP contribution in [0.15, 0.2) is 0 Å². The number of amides is 1. The second-order valence-corrected chi connectivity index (χ2v) is 3.41. The maximum atomic E-state index is 11.1. The second kappa shape index (κ2) is 4.78. The molecule has 6 heteroatoms. The molecule has 88 valence electrons. The molecular formula is C10H17N5O. The van der Waals surface area contributed by atoms with E-state index in [2.05, 4.69) is 9.97 Å². The van der Waals surface area contributed by atoms with Crippen LogP contribution in [0.4, 0.5) is 11.8 Å². The summed E-state index contributed by atoms with van der Waals surface area (Å²) in [5.74, 6) is 0.0768. The topological polar surface area (TPSA) is 98.1 Å². The molecule has 0 saturated heterocycles. The number of hydrogen-bond donors (Lipinski definition) is 2. The van der Waals surface area contributed by atoms with E-state index in [0.717, 1.165) is 13.1 Å². The molecule has 0 unspecified atom stereocenters. The highest BCUT2D eigenvalue weighted by molar-refractivity contribution is 5.98. The van der Waals surface area contributed by atoms with E-state index in [4.69, 9.17) is 11.5 Å². The molecule has 0 aliphatic carbocycles. The summed E-state index contributed by atoms with van der Waals surface area (Å²) < 4.78 is 0. The van der Waals surface area contributed by atoms with Crippen molar-refractivity contribution in [3.05, 3.63) is 11.3 Å². The smallest absolute Gasteiger partial charge is 0.254 e. The van der Waals surface area contributed by atoms with Gasteiger partial charge in [0.25, 0.3) is 5.91 Å². The lowest BCUT2D eigenvalue weighted by atomic mass is 10.2. The van der Waals surface area contributed by atoms with Crippen molar-refractivity contribution in [2.45, 2.75) is 20.8 Å². The number of aromatic nitrogens is 2. The molecule has 1 aromatic heterocycles. The first kappa shape index (κ1) is 12.2. The Morgan fingerprint density at radius 1 is 1.31 bits per heavy atom. The predicted octanol–water partition coefficient (Wildman–Crippen LogP) is 0.312. The van der Waals surface area contributed by atoms with Crippen LogP contribution >= 0.6 is 0 Å². The summed E-state index contributed by atoms with van der Waals surface area (Å²) in [5.41, 5.74) is 11.6. The highest BCUT2D eigenvalue weighted by Crippen LogP contribution is 2.16. The van der Waals surface area contributed by atoms with E-state index < -0.39 is 5.91 Å². The third kappa shape index (κ3) is 2.21. The van der Waals surface area contributed by atoms with Crippen LogP contribution in [-0.4, -0.2) is 29.0 Å². The lowest BCUT2D eigenvalue weighted by Gasteiger charge is -2.19. The van der Waals surface area contributed by atoms with Gasteiger partial charge in [0.2, 0.25) is 5.95 Å². The van der Waals surface area contributed by atoms with Crippen molar-refractivity contribution in [3.63, 3.8) is 0 Å².